The molecule has 0 radical (unpaired) electrons. The molecule has 34 heavy (non-hydrogen) atoms. The summed E-state index contributed by atoms with van der Waals surface area (Å²) >= 11 is 6.27. The van der Waals surface area contributed by atoms with Gasteiger partial charge in [0.05, 0.1) is 11.3 Å². The summed E-state index contributed by atoms with van der Waals surface area (Å²) in [6.07, 6.45) is 2.60. The summed E-state index contributed by atoms with van der Waals surface area (Å²) in [4.78, 5) is 39.5. The molecule has 0 bridgehead atoms. The van der Waals surface area contributed by atoms with Crippen LogP contribution in [0.5, 0.6) is 0 Å². The van der Waals surface area contributed by atoms with Gasteiger partial charge in [-0.2, -0.15) is 0 Å². The molecule has 2 aromatic carbocycles. The van der Waals surface area contributed by atoms with Crippen molar-refractivity contribution in [3.05, 3.63) is 81.1 Å². The summed E-state index contributed by atoms with van der Waals surface area (Å²) in [5, 5.41) is 3.78. The number of halogens is 1. The highest BCUT2D eigenvalue weighted by atomic mass is 35.5. The molecular formula is C27H25ClN2O4. The fraction of sp³-hybridized carbons (Fsp3) is 0.296. The first-order valence-electron chi connectivity index (χ1n) is 11.6. The number of nitrogens with one attached hydrogen (secondary N) is 1. The number of piperidine rings is 1. The van der Waals surface area contributed by atoms with Crippen molar-refractivity contribution in [2.75, 3.05) is 13.1 Å². The number of ether oxygens (including phenoxy) is 1. The van der Waals surface area contributed by atoms with Crippen molar-refractivity contribution in [2.24, 2.45) is 5.92 Å². The number of nitrogens with zero attached hydrogens (tertiary/aromatic N) is 1. The van der Waals surface area contributed by atoms with Crippen LogP contribution in [0.25, 0.3) is 22.4 Å². The van der Waals surface area contributed by atoms with Gasteiger partial charge in [0.15, 0.2) is 0 Å². The molecule has 1 fully saturated rings. The van der Waals surface area contributed by atoms with Crippen molar-refractivity contribution < 1.29 is 14.3 Å². The zero-order valence-corrected chi connectivity index (χ0v) is 19.4. The van der Waals surface area contributed by atoms with E-state index in [4.69, 9.17) is 16.3 Å². The number of rotatable bonds is 4. The Hall–Kier alpha value is -3.22. The Bertz CT molecular complexity index is 1310. The van der Waals surface area contributed by atoms with Crippen molar-refractivity contribution in [3.63, 3.8) is 0 Å². The van der Waals surface area contributed by atoms with E-state index in [1.54, 1.807) is 22.8 Å². The Balaban J connectivity index is 1.58. The Kier molecular flexibility index (Phi) is 6.35. The molecule has 0 aliphatic carbocycles. The summed E-state index contributed by atoms with van der Waals surface area (Å²) in [7, 11) is 0. The lowest BCUT2D eigenvalue weighted by Crippen LogP contribution is -2.31. The number of esters is 2. The molecule has 3 aromatic rings. The molecule has 0 unspecified atom stereocenters. The molecule has 0 atom stereocenters. The predicted molar refractivity (Wildman–Crippen MR) is 131 cm³/mol. The number of fused-ring (bicyclic) bond motifs is 3. The van der Waals surface area contributed by atoms with Crippen LogP contribution in [-0.4, -0.2) is 29.6 Å². The van der Waals surface area contributed by atoms with E-state index in [9.17, 15) is 14.4 Å². The van der Waals surface area contributed by atoms with Crippen LogP contribution in [0.1, 0.15) is 35.2 Å². The van der Waals surface area contributed by atoms with Gasteiger partial charge in [0.2, 0.25) is 0 Å². The van der Waals surface area contributed by atoms with E-state index in [0.29, 0.717) is 40.4 Å². The van der Waals surface area contributed by atoms with Crippen molar-refractivity contribution >= 4 is 23.5 Å². The van der Waals surface area contributed by atoms with E-state index in [2.05, 4.69) is 5.32 Å². The number of aromatic nitrogens is 1. The molecule has 1 N–H and O–H groups in total. The molecule has 5 rings (SSSR count). The smallest absolute Gasteiger partial charge is 0.347 e. The first-order valence-corrected chi connectivity index (χ1v) is 12.0. The number of aryl methyl sites for hydroxylation is 1. The normalized spacial score (nSPS) is 15.3. The number of benzene rings is 2. The standard InChI is InChI=1S/C27H25ClN2O4/c28-20-7-6-19-10-13-30-25(21(19)15-20)23(16-22(26(30)32)18-4-2-1-3-5-18)27(33)34-24(31)14-17-8-11-29-12-9-17/h1-7,15-17,29H,8-14H2. The Morgan fingerprint density at radius 2 is 1.79 bits per heavy atom. The Morgan fingerprint density at radius 1 is 1.03 bits per heavy atom. The highest BCUT2D eigenvalue weighted by molar-refractivity contribution is 6.31. The van der Waals surface area contributed by atoms with Crippen LogP contribution >= 0.6 is 11.6 Å². The van der Waals surface area contributed by atoms with Gasteiger partial charge in [-0.25, -0.2) is 4.79 Å². The molecule has 1 aromatic heterocycles. The minimum absolute atomic E-state index is 0.190. The second kappa shape index (κ2) is 9.57. The third-order valence-corrected chi connectivity index (χ3v) is 6.88. The fourth-order valence-corrected chi connectivity index (χ4v) is 5.06. The van der Waals surface area contributed by atoms with Crippen LogP contribution in [0.15, 0.2) is 59.4 Å². The zero-order valence-electron chi connectivity index (χ0n) is 18.7. The third-order valence-electron chi connectivity index (χ3n) is 6.65. The fourth-order valence-electron chi connectivity index (χ4n) is 4.89. The van der Waals surface area contributed by atoms with Gasteiger partial charge < -0.3 is 14.6 Å². The van der Waals surface area contributed by atoms with E-state index < -0.39 is 11.9 Å². The quantitative estimate of drug-likeness (QED) is 0.444. The maximum atomic E-state index is 13.5. The van der Waals surface area contributed by atoms with E-state index in [0.717, 1.165) is 31.5 Å². The molecule has 0 spiro atoms. The Morgan fingerprint density at radius 3 is 2.56 bits per heavy atom. The molecule has 3 heterocycles. The van der Waals surface area contributed by atoms with Crippen molar-refractivity contribution in [1.82, 2.24) is 9.88 Å². The summed E-state index contributed by atoms with van der Waals surface area (Å²) in [6.45, 7) is 2.14. The minimum Gasteiger partial charge on any atom is -0.389 e. The molecular weight excluding hydrogens is 452 g/mol. The monoisotopic (exact) mass is 476 g/mol. The van der Waals surface area contributed by atoms with Gasteiger partial charge in [0.1, 0.15) is 0 Å². The van der Waals surface area contributed by atoms with Gasteiger partial charge in [0.25, 0.3) is 5.56 Å². The second-order valence-corrected chi connectivity index (χ2v) is 9.29. The molecule has 2 aliphatic rings. The first kappa shape index (κ1) is 22.6. The van der Waals surface area contributed by atoms with Crippen LogP contribution in [0.3, 0.4) is 0 Å². The maximum Gasteiger partial charge on any atom is 0.347 e. The molecule has 0 amide bonds. The largest absolute Gasteiger partial charge is 0.389 e. The van der Waals surface area contributed by atoms with Gasteiger partial charge >= 0.3 is 11.9 Å². The van der Waals surface area contributed by atoms with E-state index >= 15 is 0 Å². The van der Waals surface area contributed by atoms with Crippen LogP contribution < -0.4 is 10.9 Å². The summed E-state index contributed by atoms with van der Waals surface area (Å²) in [6, 6.07) is 16.2. The topological polar surface area (TPSA) is 77.4 Å². The SMILES string of the molecule is O=C(CC1CCNCC1)OC(=O)c1cc(-c2ccccc2)c(=O)n2c1-c1cc(Cl)ccc1CC2. The number of carbonyl (C=O) groups excluding carboxylic acids is 2. The van der Waals surface area contributed by atoms with E-state index in [1.165, 1.54) is 0 Å². The molecule has 1 saturated heterocycles. The van der Waals surface area contributed by atoms with E-state index in [-0.39, 0.29) is 23.5 Å². The lowest BCUT2D eigenvalue weighted by molar-refractivity contribution is -0.139. The van der Waals surface area contributed by atoms with E-state index in [1.807, 2.05) is 36.4 Å². The van der Waals surface area contributed by atoms with Crippen LogP contribution in [0, 0.1) is 5.92 Å². The third kappa shape index (κ3) is 4.43. The van der Waals surface area contributed by atoms with Crippen molar-refractivity contribution in [1.29, 1.82) is 0 Å². The summed E-state index contributed by atoms with van der Waals surface area (Å²) in [5.41, 5.74) is 3.26. The predicted octanol–water partition coefficient (Wildman–Crippen LogP) is 4.46. The minimum atomic E-state index is -0.743. The molecule has 2 aliphatic heterocycles. The zero-order chi connectivity index (χ0) is 23.7. The van der Waals surface area contributed by atoms with Crippen LogP contribution in [0.2, 0.25) is 5.02 Å². The van der Waals surface area contributed by atoms with Gasteiger partial charge in [-0.05, 0) is 67.6 Å². The average molecular weight is 477 g/mol. The Labute approximate surface area is 202 Å². The van der Waals surface area contributed by atoms with Gasteiger partial charge in [0, 0.05) is 29.1 Å². The number of hydrogen-bond acceptors (Lipinski definition) is 5. The van der Waals surface area contributed by atoms with Gasteiger partial charge in [-0.1, -0.05) is 48.0 Å². The average Bonchev–Trinajstić information content (AvgIpc) is 2.85. The van der Waals surface area contributed by atoms with Gasteiger partial charge in [-0.3, -0.25) is 9.59 Å². The molecule has 174 valence electrons. The second-order valence-electron chi connectivity index (χ2n) is 8.85. The first-order chi connectivity index (χ1) is 16.5. The maximum absolute atomic E-state index is 13.5. The summed E-state index contributed by atoms with van der Waals surface area (Å²) < 4.78 is 6.94. The van der Waals surface area contributed by atoms with Gasteiger partial charge in [-0.15, -0.1) is 0 Å². The molecule has 6 nitrogen and oxygen atoms in total. The summed E-state index contributed by atoms with van der Waals surface area (Å²) in [5.74, 6) is -1.08. The lowest BCUT2D eigenvalue weighted by atomic mass is 9.92. The number of hydrogen-bond donors (Lipinski definition) is 1. The molecule has 0 saturated carbocycles. The highest BCUT2D eigenvalue weighted by Crippen LogP contribution is 2.35. The van der Waals surface area contributed by atoms with Crippen LogP contribution in [0.4, 0.5) is 0 Å². The molecule has 7 heteroatoms. The van der Waals surface area contributed by atoms with Crippen LogP contribution in [-0.2, 0) is 22.5 Å². The lowest BCUT2D eigenvalue weighted by Gasteiger charge is -2.25. The van der Waals surface area contributed by atoms with Crippen molar-refractivity contribution in [2.45, 2.75) is 32.2 Å². The highest BCUT2D eigenvalue weighted by Gasteiger charge is 2.29. The van der Waals surface area contributed by atoms with Crippen molar-refractivity contribution in [3.8, 4) is 22.4 Å². The number of pyridine rings is 1. The number of carbonyl (C=O) groups is 2.